The molecule has 19 heavy (non-hydrogen) atoms. The molecule has 0 aromatic rings. The van der Waals surface area contributed by atoms with Gasteiger partial charge in [0.15, 0.2) is 0 Å². The van der Waals surface area contributed by atoms with Crippen molar-refractivity contribution in [3.05, 3.63) is 0 Å². The van der Waals surface area contributed by atoms with Gasteiger partial charge in [-0.1, -0.05) is 5.92 Å². The Bertz CT molecular complexity index is 358. The molecule has 1 heterocycles. The molecular weight excluding hydrogens is 244 g/mol. The molecule has 0 radical (unpaired) electrons. The van der Waals surface area contributed by atoms with E-state index in [2.05, 4.69) is 16.6 Å². The minimum atomic E-state index is -0.421. The highest BCUT2D eigenvalue weighted by Gasteiger charge is 2.29. The molecule has 2 amide bonds. The average molecular weight is 266 g/mol. The zero-order chi connectivity index (χ0) is 14.3. The average Bonchev–Trinajstić information content (AvgIpc) is 2.42. The van der Waals surface area contributed by atoms with Crippen LogP contribution in [0, 0.1) is 12.3 Å². The second-order valence-corrected chi connectivity index (χ2v) is 4.72. The summed E-state index contributed by atoms with van der Waals surface area (Å²) < 4.78 is 0. The monoisotopic (exact) mass is 266 g/mol. The highest BCUT2D eigenvalue weighted by molar-refractivity contribution is 5.83. The van der Waals surface area contributed by atoms with E-state index in [4.69, 9.17) is 12.2 Å². The smallest absolute Gasteiger partial charge is 0.237 e. The normalized spacial score (nSPS) is 17.7. The number of carbonyl (C=O) groups excluding carboxylic acids is 2. The van der Waals surface area contributed by atoms with E-state index < -0.39 is 11.9 Å². The maximum atomic E-state index is 12.0. The van der Waals surface area contributed by atoms with Gasteiger partial charge in [-0.25, -0.2) is 0 Å². The molecular formula is C13H22N4O2. The molecule has 1 aliphatic rings. The molecule has 106 valence electrons. The first-order chi connectivity index (χ1) is 9.06. The van der Waals surface area contributed by atoms with Crippen molar-refractivity contribution in [2.45, 2.75) is 31.8 Å². The SMILES string of the molecule is C#CCNC(=O)C(C)N(CC(N)=O)C1CCNCC1. The molecule has 0 aromatic carbocycles. The molecule has 0 aromatic heterocycles. The van der Waals surface area contributed by atoms with Crippen molar-refractivity contribution in [3.8, 4) is 12.3 Å². The van der Waals surface area contributed by atoms with Crippen molar-refractivity contribution in [2.75, 3.05) is 26.2 Å². The maximum absolute atomic E-state index is 12.0. The van der Waals surface area contributed by atoms with Gasteiger partial charge in [-0.2, -0.15) is 0 Å². The van der Waals surface area contributed by atoms with Crippen LogP contribution in [0.2, 0.25) is 0 Å². The summed E-state index contributed by atoms with van der Waals surface area (Å²) in [4.78, 5) is 25.0. The predicted octanol–water partition coefficient (Wildman–Crippen LogP) is -1.34. The molecule has 0 aliphatic carbocycles. The van der Waals surface area contributed by atoms with Gasteiger partial charge in [0.2, 0.25) is 11.8 Å². The van der Waals surface area contributed by atoms with Crippen LogP contribution in [0.5, 0.6) is 0 Å². The lowest BCUT2D eigenvalue weighted by molar-refractivity contribution is -0.129. The summed E-state index contributed by atoms with van der Waals surface area (Å²) in [6.07, 6.45) is 6.92. The van der Waals surface area contributed by atoms with Crippen LogP contribution in [-0.4, -0.2) is 55.0 Å². The first-order valence-electron chi connectivity index (χ1n) is 6.52. The van der Waals surface area contributed by atoms with E-state index in [1.807, 2.05) is 4.90 Å². The van der Waals surface area contributed by atoms with Gasteiger partial charge >= 0.3 is 0 Å². The number of nitrogens with two attached hydrogens (primary N) is 1. The summed E-state index contributed by atoms with van der Waals surface area (Å²) in [5.74, 6) is 1.77. The van der Waals surface area contributed by atoms with E-state index in [9.17, 15) is 9.59 Å². The van der Waals surface area contributed by atoms with Crippen molar-refractivity contribution < 1.29 is 9.59 Å². The zero-order valence-corrected chi connectivity index (χ0v) is 11.3. The van der Waals surface area contributed by atoms with Crippen LogP contribution in [0.4, 0.5) is 0 Å². The number of terminal acetylenes is 1. The molecule has 1 atom stereocenters. The lowest BCUT2D eigenvalue weighted by atomic mass is 10.0. The number of hydrogen-bond donors (Lipinski definition) is 3. The number of rotatable bonds is 6. The summed E-state index contributed by atoms with van der Waals surface area (Å²) >= 11 is 0. The lowest BCUT2D eigenvalue weighted by Gasteiger charge is -2.37. The number of nitrogens with one attached hydrogen (secondary N) is 2. The number of nitrogens with zero attached hydrogens (tertiary/aromatic N) is 1. The second-order valence-electron chi connectivity index (χ2n) is 4.72. The molecule has 1 aliphatic heterocycles. The highest BCUT2D eigenvalue weighted by atomic mass is 16.2. The molecule has 0 saturated carbocycles. The van der Waals surface area contributed by atoms with Crippen LogP contribution in [0.15, 0.2) is 0 Å². The van der Waals surface area contributed by atoms with Gasteiger partial charge in [0, 0.05) is 6.04 Å². The van der Waals surface area contributed by atoms with E-state index in [1.165, 1.54) is 0 Å². The Morgan fingerprint density at radius 1 is 1.53 bits per heavy atom. The summed E-state index contributed by atoms with van der Waals surface area (Å²) in [7, 11) is 0. The first kappa shape index (κ1) is 15.5. The third kappa shape index (κ3) is 4.89. The lowest BCUT2D eigenvalue weighted by Crippen LogP contribution is -2.54. The minimum Gasteiger partial charge on any atom is -0.369 e. The summed E-state index contributed by atoms with van der Waals surface area (Å²) in [6.45, 7) is 3.84. The molecule has 1 saturated heterocycles. The number of carbonyl (C=O) groups is 2. The molecule has 1 rings (SSSR count). The Balaban J connectivity index is 2.68. The highest BCUT2D eigenvalue weighted by Crippen LogP contribution is 2.15. The molecule has 4 N–H and O–H groups in total. The summed E-state index contributed by atoms with van der Waals surface area (Å²) in [5, 5.41) is 5.90. The van der Waals surface area contributed by atoms with Crippen molar-refractivity contribution in [1.29, 1.82) is 0 Å². The second kappa shape index (κ2) is 7.77. The van der Waals surface area contributed by atoms with E-state index in [-0.39, 0.29) is 25.0 Å². The third-order valence-electron chi connectivity index (χ3n) is 3.36. The molecule has 6 heteroatoms. The van der Waals surface area contributed by atoms with Gasteiger partial charge < -0.3 is 16.4 Å². The van der Waals surface area contributed by atoms with Crippen molar-refractivity contribution >= 4 is 11.8 Å². The van der Waals surface area contributed by atoms with Crippen molar-refractivity contribution in [1.82, 2.24) is 15.5 Å². The van der Waals surface area contributed by atoms with Crippen LogP contribution in [0.1, 0.15) is 19.8 Å². The fraction of sp³-hybridized carbons (Fsp3) is 0.692. The molecule has 6 nitrogen and oxygen atoms in total. The van der Waals surface area contributed by atoms with Crippen LogP contribution in [-0.2, 0) is 9.59 Å². The zero-order valence-electron chi connectivity index (χ0n) is 11.3. The van der Waals surface area contributed by atoms with Crippen LogP contribution >= 0.6 is 0 Å². The third-order valence-corrected chi connectivity index (χ3v) is 3.36. The van der Waals surface area contributed by atoms with Crippen molar-refractivity contribution in [2.24, 2.45) is 5.73 Å². The van der Waals surface area contributed by atoms with Crippen molar-refractivity contribution in [3.63, 3.8) is 0 Å². The first-order valence-corrected chi connectivity index (χ1v) is 6.52. The maximum Gasteiger partial charge on any atom is 0.237 e. The quantitative estimate of drug-likeness (QED) is 0.520. The summed E-state index contributed by atoms with van der Waals surface area (Å²) in [5.41, 5.74) is 5.28. The van der Waals surface area contributed by atoms with E-state index in [0.717, 1.165) is 25.9 Å². The van der Waals surface area contributed by atoms with Crippen LogP contribution in [0.3, 0.4) is 0 Å². The molecule has 1 unspecified atom stereocenters. The number of amides is 2. The van der Waals surface area contributed by atoms with Gasteiger partial charge in [-0.15, -0.1) is 6.42 Å². The van der Waals surface area contributed by atoms with Crippen LogP contribution < -0.4 is 16.4 Å². The number of piperidine rings is 1. The van der Waals surface area contributed by atoms with E-state index >= 15 is 0 Å². The topological polar surface area (TPSA) is 87.5 Å². The Hall–Kier alpha value is -1.58. The molecule has 0 bridgehead atoms. The van der Waals surface area contributed by atoms with Gasteiger partial charge in [0.25, 0.3) is 0 Å². The Labute approximate surface area is 114 Å². The number of hydrogen-bond acceptors (Lipinski definition) is 4. The van der Waals surface area contributed by atoms with Gasteiger partial charge in [-0.3, -0.25) is 14.5 Å². The van der Waals surface area contributed by atoms with Gasteiger partial charge in [0.05, 0.1) is 19.1 Å². The standard InChI is InChI=1S/C13H22N4O2/c1-3-6-16-13(19)10(2)17(9-12(14)18)11-4-7-15-8-5-11/h1,10-11,15H,4-9H2,2H3,(H2,14,18)(H,16,19). The Kier molecular flexibility index (Phi) is 6.33. The van der Waals surface area contributed by atoms with Gasteiger partial charge in [-0.05, 0) is 32.9 Å². The Morgan fingerprint density at radius 3 is 2.68 bits per heavy atom. The largest absolute Gasteiger partial charge is 0.369 e. The predicted molar refractivity (Wildman–Crippen MR) is 73.1 cm³/mol. The van der Waals surface area contributed by atoms with Gasteiger partial charge in [0.1, 0.15) is 0 Å². The van der Waals surface area contributed by atoms with Crippen LogP contribution in [0.25, 0.3) is 0 Å². The van der Waals surface area contributed by atoms with E-state index in [0.29, 0.717) is 0 Å². The fourth-order valence-electron chi connectivity index (χ4n) is 2.34. The molecule has 1 fully saturated rings. The van der Waals surface area contributed by atoms with E-state index in [1.54, 1.807) is 6.92 Å². The summed E-state index contributed by atoms with van der Waals surface area (Å²) in [6, 6.07) is -0.218. The Morgan fingerprint density at radius 2 is 2.16 bits per heavy atom. The fourth-order valence-corrected chi connectivity index (χ4v) is 2.34. The minimum absolute atomic E-state index is 0.0926. The molecule has 0 spiro atoms. The number of primary amides is 1.